The Hall–Kier alpha value is -2.32. The highest BCUT2D eigenvalue weighted by atomic mass is 35.5. The van der Waals surface area contributed by atoms with Crippen LogP contribution < -0.4 is 9.47 Å². The molecular weight excluding hydrogens is 480 g/mol. The smallest absolute Gasteiger partial charge is 0.222 e. The van der Waals surface area contributed by atoms with Gasteiger partial charge < -0.3 is 24.2 Å². The van der Waals surface area contributed by atoms with Crippen molar-refractivity contribution in [2.45, 2.75) is 44.2 Å². The van der Waals surface area contributed by atoms with Crippen LogP contribution in [0.3, 0.4) is 0 Å². The Balaban J connectivity index is 1.25. The van der Waals surface area contributed by atoms with Crippen molar-refractivity contribution in [3.8, 4) is 11.5 Å². The van der Waals surface area contributed by atoms with Gasteiger partial charge in [-0.25, -0.2) is 0 Å². The molecule has 0 saturated carbocycles. The van der Waals surface area contributed by atoms with Gasteiger partial charge in [-0.2, -0.15) is 0 Å². The molecule has 2 aliphatic heterocycles. The lowest BCUT2D eigenvalue weighted by Gasteiger charge is -2.30. The van der Waals surface area contributed by atoms with Crippen molar-refractivity contribution in [1.82, 2.24) is 9.80 Å². The summed E-state index contributed by atoms with van der Waals surface area (Å²) in [5.41, 5.74) is -0.00674. The van der Waals surface area contributed by atoms with Crippen LogP contribution >= 0.6 is 11.6 Å². The molecule has 1 atom stereocenters. The van der Waals surface area contributed by atoms with Gasteiger partial charge in [0.1, 0.15) is 23.7 Å². The van der Waals surface area contributed by atoms with Gasteiger partial charge in [0.15, 0.2) is 0 Å². The summed E-state index contributed by atoms with van der Waals surface area (Å²) < 4.78 is 17.5. The number of rotatable bonds is 10. The maximum atomic E-state index is 12.1. The standard InChI is InChI=1S/C28H37ClN2O5/c29-24-9-11-25(12-10-24)36-22-28(33)20-30(15-17-34-21-28)19-23-6-4-7-26(18-23)35-16-5-14-31-13-3-1-2-8-27(31)32/h4,6-7,9-12,18,33H,1-3,5,8,13-17,19-22H2/t28-/m0/s1. The highest BCUT2D eigenvalue weighted by Gasteiger charge is 2.33. The number of β-amino-alcohol motifs (C(OH)–C–C–N with tert-alkyl or cyclic N) is 1. The molecule has 2 aromatic rings. The highest BCUT2D eigenvalue weighted by molar-refractivity contribution is 6.30. The molecule has 0 aliphatic carbocycles. The predicted octanol–water partition coefficient (Wildman–Crippen LogP) is 4.15. The van der Waals surface area contributed by atoms with Gasteiger partial charge in [-0.1, -0.05) is 30.2 Å². The second kappa shape index (κ2) is 13.3. The fraction of sp³-hybridized carbons (Fsp3) is 0.536. The number of aliphatic hydroxyl groups is 1. The van der Waals surface area contributed by atoms with Gasteiger partial charge in [0.05, 0.1) is 19.8 Å². The maximum absolute atomic E-state index is 12.1. The summed E-state index contributed by atoms with van der Waals surface area (Å²) in [6, 6.07) is 15.2. The second-order valence-electron chi connectivity index (χ2n) is 9.77. The van der Waals surface area contributed by atoms with E-state index in [1.54, 1.807) is 24.3 Å². The molecule has 7 nitrogen and oxygen atoms in total. The summed E-state index contributed by atoms with van der Waals surface area (Å²) in [7, 11) is 0. The first-order valence-electron chi connectivity index (χ1n) is 12.9. The fourth-order valence-electron chi connectivity index (χ4n) is 4.68. The molecule has 8 heteroatoms. The lowest BCUT2D eigenvalue weighted by molar-refractivity contribution is -0.130. The Kier molecular flexibility index (Phi) is 9.87. The van der Waals surface area contributed by atoms with Crippen LogP contribution in [0.5, 0.6) is 11.5 Å². The fourth-order valence-corrected chi connectivity index (χ4v) is 4.81. The topological polar surface area (TPSA) is 71.5 Å². The molecule has 4 rings (SSSR count). The first-order valence-corrected chi connectivity index (χ1v) is 13.3. The number of benzene rings is 2. The van der Waals surface area contributed by atoms with Crippen LogP contribution in [-0.2, 0) is 16.1 Å². The van der Waals surface area contributed by atoms with Crippen LogP contribution in [0, 0.1) is 0 Å². The lowest BCUT2D eigenvalue weighted by Crippen LogP contribution is -2.48. The average molecular weight is 517 g/mol. The number of carbonyl (C=O) groups excluding carboxylic acids is 1. The maximum Gasteiger partial charge on any atom is 0.222 e. The summed E-state index contributed by atoms with van der Waals surface area (Å²) in [6.45, 7) is 4.93. The van der Waals surface area contributed by atoms with Crippen molar-refractivity contribution < 1.29 is 24.1 Å². The number of nitrogens with zero attached hydrogens (tertiary/aromatic N) is 2. The summed E-state index contributed by atoms with van der Waals surface area (Å²) in [5, 5.41) is 11.8. The van der Waals surface area contributed by atoms with Gasteiger partial charge in [0.25, 0.3) is 0 Å². The van der Waals surface area contributed by atoms with E-state index in [1.165, 1.54) is 0 Å². The molecule has 0 aromatic heterocycles. The van der Waals surface area contributed by atoms with E-state index in [-0.39, 0.29) is 19.1 Å². The Morgan fingerprint density at radius 3 is 2.75 bits per heavy atom. The Morgan fingerprint density at radius 1 is 1.03 bits per heavy atom. The van der Waals surface area contributed by atoms with Crippen LogP contribution in [0.1, 0.15) is 37.7 Å². The van der Waals surface area contributed by atoms with E-state index < -0.39 is 5.60 Å². The lowest BCUT2D eigenvalue weighted by atomic mass is 10.1. The van der Waals surface area contributed by atoms with Crippen molar-refractivity contribution in [2.75, 3.05) is 52.6 Å². The van der Waals surface area contributed by atoms with E-state index in [0.717, 1.165) is 56.6 Å². The Labute approximate surface area is 218 Å². The van der Waals surface area contributed by atoms with E-state index in [0.29, 0.717) is 43.5 Å². The van der Waals surface area contributed by atoms with E-state index in [2.05, 4.69) is 11.0 Å². The molecule has 0 unspecified atom stereocenters. The Morgan fingerprint density at radius 2 is 1.89 bits per heavy atom. The summed E-state index contributed by atoms with van der Waals surface area (Å²) >= 11 is 5.94. The number of halogens is 1. The van der Waals surface area contributed by atoms with Gasteiger partial charge >= 0.3 is 0 Å². The molecule has 1 N–H and O–H groups in total. The number of amides is 1. The van der Waals surface area contributed by atoms with Crippen molar-refractivity contribution >= 4 is 17.5 Å². The van der Waals surface area contributed by atoms with Gasteiger partial charge in [-0.05, 0) is 61.2 Å². The first kappa shape index (κ1) is 26.7. The number of hydrogen-bond donors (Lipinski definition) is 1. The van der Waals surface area contributed by atoms with Gasteiger partial charge in [-0.3, -0.25) is 9.69 Å². The molecule has 2 aromatic carbocycles. The number of carbonyl (C=O) groups is 1. The van der Waals surface area contributed by atoms with Crippen LogP contribution in [-0.4, -0.2) is 79.0 Å². The largest absolute Gasteiger partial charge is 0.494 e. The molecule has 2 fully saturated rings. The van der Waals surface area contributed by atoms with E-state index >= 15 is 0 Å². The zero-order valence-corrected chi connectivity index (χ0v) is 21.6. The average Bonchev–Trinajstić information content (AvgIpc) is 3.19. The van der Waals surface area contributed by atoms with Crippen LogP contribution in [0.4, 0.5) is 0 Å². The number of likely N-dealkylation sites (tertiary alicyclic amines) is 1. The van der Waals surface area contributed by atoms with Crippen molar-refractivity contribution in [3.63, 3.8) is 0 Å². The molecule has 196 valence electrons. The molecule has 1 amide bonds. The van der Waals surface area contributed by atoms with Gasteiger partial charge in [0, 0.05) is 44.2 Å². The van der Waals surface area contributed by atoms with Crippen molar-refractivity contribution in [2.24, 2.45) is 0 Å². The molecule has 2 aliphatic rings. The SMILES string of the molecule is O=C1CCCCCN1CCCOc1cccc(CN2CCOC[C@](O)(COc3ccc(Cl)cc3)C2)c1. The number of ether oxygens (including phenoxy) is 3. The minimum absolute atomic E-state index is 0.133. The van der Waals surface area contributed by atoms with Crippen LogP contribution in [0.25, 0.3) is 0 Å². The molecule has 36 heavy (non-hydrogen) atoms. The third kappa shape index (κ3) is 8.37. The Bertz CT molecular complexity index is 973. The van der Waals surface area contributed by atoms with Gasteiger partial charge in [0.2, 0.25) is 5.91 Å². The monoisotopic (exact) mass is 516 g/mol. The summed E-state index contributed by atoms with van der Waals surface area (Å²) in [6.07, 6.45) is 4.74. The van der Waals surface area contributed by atoms with E-state index in [4.69, 9.17) is 25.8 Å². The molecule has 2 heterocycles. The highest BCUT2D eigenvalue weighted by Crippen LogP contribution is 2.21. The summed E-state index contributed by atoms with van der Waals surface area (Å²) in [4.78, 5) is 16.3. The zero-order valence-electron chi connectivity index (χ0n) is 20.9. The van der Waals surface area contributed by atoms with Gasteiger partial charge in [-0.15, -0.1) is 0 Å². The predicted molar refractivity (Wildman–Crippen MR) is 140 cm³/mol. The minimum Gasteiger partial charge on any atom is -0.494 e. The minimum atomic E-state index is -1.12. The molecule has 2 saturated heterocycles. The summed E-state index contributed by atoms with van der Waals surface area (Å²) in [5.74, 6) is 1.75. The molecule has 0 radical (unpaired) electrons. The van der Waals surface area contributed by atoms with Crippen molar-refractivity contribution in [3.05, 3.63) is 59.1 Å². The first-order chi connectivity index (χ1) is 17.5. The zero-order chi connectivity index (χ0) is 25.2. The quantitative estimate of drug-likeness (QED) is 0.478. The third-order valence-corrected chi connectivity index (χ3v) is 6.83. The normalized spacial score (nSPS) is 21.6. The molecular formula is C28H37ClN2O5. The van der Waals surface area contributed by atoms with E-state index in [9.17, 15) is 9.90 Å². The number of hydrogen-bond acceptors (Lipinski definition) is 6. The van der Waals surface area contributed by atoms with E-state index in [1.807, 2.05) is 23.1 Å². The second-order valence-corrected chi connectivity index (χ2v) is 10.2. The molecule has 0 bridgehead atoms. The van der Waals surface area contributed by atoms with Crippen LogP contribution in [0.2, 0.25) is 5.02 Å². The third-order valence-electron chi connectivity index (χ3n) is 6.58. The molecule has 0 spiro atoms. The van der Waals surface area contributed by atoms with Crippen LogP contribution in [0.15, 0.2) is 48.5 Å². The van der Waals surface area contributed by atoms with Crippen molar-refractivity contribution in [1.29, 1.82) is 0 Å².